The van der Waals surface area contributed by atoms with Gasteiger partial charge in [-0.05, 0) is 92.7 Å². The SMILES string of the molecule is [C-]#[N+]c1cc(-n2c3ccccc3c3cc4c(cc32)C(C)(C)c2ccccc2-4)c(C#N)cc1-n1c2ccc(-c3ccccc3)cc2c2c3ccccc3ccc21. The zero-order chi connectivity index (χ0) is 37.0. The van der Waals surface area contributed by atoms with Gasteiger partial charge in [0.2, 0.25) is 5.69 Å². The fraction of sp³-hybridized carbons (Fsp3) is 0.0588. The normalized spacial score (nSPS) is 13.0. The Kier molecular flexibility index (Phi) is 6.40. The quantitative estimate of drug-likeness (QED) is 0.169. The van der Waals surface area contributed by atoms with E-state index >= 15 is 0 Å². The van der Waals surface area contributed by atoms with Crippen molar-refractivity contribution in [2.75, 3.05) is 0 Å². The molecule has 1 aliphatic rings. The molecular weight excluding hydrogens is 669 g/mol. The number of para-hydroxylation sites is 1. The van der Waals surface area contributed by atoms with Crippen LogP contribution in [0.15, 0.2) is 158 Å². The summed E-state index contributed by atoms with van der Waals surface area (Å²) in [7, 11) is 0. The molecule has 256 valence electrons. The molecule has 0 atom stereocenters. The fourth-order valence-electron chi connectivity index (χ4n) is 9.39. The lowest BCUT2D eigenvalue weighted by Gasteiger charge is -2.22. The van der Waals surface area contributed by atoms with Gasteiger partial charge < -0.3 is 9.13 Å². The van der Waals surface area contributed by atoms with Crippen LogP contribution in [0.1, 0.15) is 30.5 Å². The van der Waals surface area contributed by atoms with Crippen molar-refractivity contribution in [3.63, 3.8) is 0 Å². The molecule has 8 aromatic carbocycles. The van der Waals surface area contributed by atoms with Gasteiger partial charge in [-0.1, -0.05) is 123 Å². The highest BCUT2D eigenvalue weighted by Crippen LogP contribution is 2.51. The van der Waals surface area contributed by atoms with Gasteiger partial charge in [0.1, 0.15) is 6.07 Å². The van der Waals surface area contributed by atoms with E-state index in [2.05, 4.69) is 167 Å². The van der Waals surface area contributed by atoms with Gasteiger partial charge >= 0.3 is 0 Å². The van der Waals surface area contributed by atoms with Crippen LogP contribution >= 0.6 is 0 Å². The van der Waals surface area contributed by atoms with Gasteiger partial charge in [0.15, 0.2) is 0 Å². The molecule has 0 amide bonds. The topological polar surface area (TPSA) is 38.0 Å². The zero-order valence-electron chi connectivity index (χ0n) is 30.3. The van der Waals surface area contributed by atoms with E-state index in [4.69, 9.17) is 6.57 Å². The maximum absolute atomic E-state index is 11.0. The van der Waals surface area contributed by atoms with Gasteiger partial charge in [-0.15, -0.1) is 0 Å². The maximum Gasteiger partial charge on any atom is 0.212 e. The van der Waals surface area contributed by atoms with Crippen molar-refractivity contribution in [3.8, 4) is 39.7 Å². The van der Waals surface area contributed by atoms with Gasteiger partial charge in [0, 0.05) is 27.0 Å². The van der Waals surface area contributed by atoms with Crippen molar-refractivity contribution in [1.82, 2.24) is 9.13 Å². The summed E-state index contributed by atoms with van der Waals surface area (Å²) in [5.41, 5.74) is 13.6. The molecule has 1 aliphatic carbocycles. The van der Waals surface area contributed by atoms with Crippen molar-refractivity contribution < 1.29 is 0 Å². The predicted octanol–water partition coefficient (Wildman–Crippen LogP) is 13.4. The standard InChI is InChI=1S/C51H32N4/c1-51(2)41-19-11-9-17-36(41)38-27-39-37-18-10-12-20-44(37)55(48(39)28-42(38)51)47-29-43(53-3)49(26-34(47)30-52)54-45-23-22-33(31-13-5-4-6-14-31)25-40(45)50-35-16-8-7-15-32(35)21-24-46(50)54/h4-29H,1-2H3. The molecule has 0 bridgehead atoms. The summed E-state index contributed by atoms with van der Waals surface area (Å²) >= 11 is 0. The van der Waals surface area contributed by atoms with E-state index in [0.717, 1.165) is 65.5 Å². The molecule has 0 N–H and O–H groups in total. The number of aromatic nitrogens is 2. The van der Waals surface area contributed by atoms with Gasteiger partial charge in [-0.25, -0.2) is 4.85 Å². The van der Waals surface area contributed by atoms with Crippen molar-refractivity contribution >= 4 is 60.1 Å². The lowest BCUT2D eigenvalue weighted by molar-refractivity contribution is 0.661. The molecule has 0 saturated carbocycles. The van der Waals surface area contributed by atoms with Gasteiger partial charge in [-0.2, -0.15) is 5.26 Å². The second-order valence-electron chi connectivity index (χ2n) is 15.1. The van der Waals surface area contributed by atoms with Crippen molar-refractivity contribution in [3.05, 3.63) is 186 Å². The monoisotopic (exact) mass is 700 g/mol. The van der Waals surface area contributed by atoms with E-state index in [9.17, 15) is 5.26 Å². The van der Waals surface area contributed by atoms with Gasteiger partial charge in [0.05, 0.1) is 45.6 Å². The summed E-state index contributed by atoms with van der Waals surface area (Å²) in [6.45, 7) is 13.2. The first-order valence-corrected chi connectivity index (χ1v) is 18.6. The molecular formula is C51H32N4. The fourth-order valence-corrected chi connectivity index (χ4v) is 9.39. The Balaban J connectivity index is 1.20. The Morgan fingerprint density at radius 2 is 1.24 bits per heavy atom. The van der Waals surface area contributed by atoms with Crippen molar-refractivity contribution in [2.24, 2.45) is 0 Å². The summed E-state index contributed by atoms with van der Waals surface area (Å²) in [5.74, 6) is 0. The smallest absolute Gasteiger partial charge is 0.212 e. The molecule has 11 rings (SSSR count). The lowest BCUT2D eigenvalue weighted by atomic mass is 9.82. The minimum absolute atomic E-state index is 0.188. The van der Waals surface area contributed by atoms with Crippen LogP contribution in [0.3, 0.4) is 0 Å². The molecule has 0 fully saturated rings. The summed E-state index contributed by atoms with van der Waals surface area (Å²) in [6, 6.07) is 58.0. The number of nitrogens with zero attached hydrogens (tertiary/aromatic N) is 4. The van der Waals surface area contributed by atoms with E-state index in [1.54, 1.807) is 0 Å². The van der Waals surface area contributed by atoms with E-state index in [0.29, 0.717) is 22.6 Å². The number of rotatable bonds is 3. The van der Waals surface area contributed by atoms with E-state index in [1.807, 2.05) is 24.3 Å². The third kappa shape index (κ3) is 4.25. The predicted molar refractivity (Wildman–Crippen MR) is 227 cm³/mol. The summed E-state index contributed by atoms with van der Waals surface area (Å²) in [4.78, 5) is 4.19. The first-order valence-electron chi connectivity index (χ1n) is 18.6. The Morgan fingerprint density at radius 1 is 0.527 bits per heavy atom. The zero-order valence-corrected chi connectivity index (χ0v) is 30.3. The number of benzene rings is 8. The third-order valence-electron chi connectivity index (χ3n) is 12.0. The van der Waals surface area contributed by atoms with E-state index in [-0.39, 0.29) is 5.41 Å². The molecule has 0 spiro atoms. The third-order valence-corrected chi connectivity index (χ3v) is 12.0. The van der Waals surface area contributed by atoms with Crippen LogP contribution in [0, 0.1) is 17.9 Å². The molecule has 0 aliphatic heterocycles. The average molecular weight is 701 g/mol. The first-order chi connectivity index (χ1) is 27.0. The van der Waals surface area contributed by atoms with E-state index in [1.165, 1.54) is 22.3 Å². The second kappa shape index (κ2) is 11.3. The Labute approximate surface area is 318 Å². The van der Waals surface area contributed by atoms with Crippen molar-refractivity contribution in [2.45, 2.75) is 19.3 Å². The molecule has 0 unspecified atom stereocenters. The highest BCUT2D eigenvalue weighted by Gasteiger charge is 2.36. The van der Waals surface area contributed by atoms with Crippen molar-refractivity contribution in [1.29, 1.82) is 5.26 Å². The Hall–Kier alpha value is -7.40. The molecule has 0 radical (unpaired) electrons. The van der Waals surface area contributed by atoms with Gasteiger partial charge in [0.25, 0.3) is 0 Å². The minimum Gasteiger partial charge on any atom is -0.319 e. The second-order valence-corrected chi connectivity index (χ2v) is 15.1. The molecule has 10 aromatic rings. The molecule has 2 aromatic heterocycles. The number of hydrogen-bond donors (Lipinski definition) is 0. The molecule has 0 saturated heterocycles. The maximum atomic E-state index is 11.0. The lowest BCUT2D eigenvalue weighted by Crippen LogP contribution is -2.15. The van der Waals surface area contributed by atoms with E-state index < -0.39 is 0 Å². The van der Waals surface area contributed by atoms with Crippen LogP contribution in [0.2, 0.25) is 0 Å². The Bertz CT molecular complexity index is 3360. The number of fused-ring (bicyclic) bond motifs is 11. The van der Waals surface area contributed by atoms with Gasteiger partial charge in [-0.3, -0.25) is 0 Å². The highest BCUT2D eigenvalue weighted by atomic mass is 15.0. The molecule has 55 heavy (non-hydrogen) atoms. The highest BCUT2D eigenvalue weighted by molar-refractivity contribution is 6.22. The van der Waals surface area contributed by atoms with Crippen LogP contribution in [0.5, 0.6) is 0 Å². The average Bonchev–Trinajstić information content (AvgIpc) is 3.82. The summed E-state index contributed by atoms with van der Waals surface area (Å²) in [5, 5.41) is 17.8. The summed E-state index contributed by atoms with van der Waals surface area (Å²) in [6.07, 6.45) is 0. The minimum atomic E-state index is -0.188. The molecule has 2 heterocycles. The molecule has 4 heteroatoms. The molecule has 4 nitrogen and oxygen atoms in total. The number of hydrogen-bond acceptors (Lipinski definition) is 1. The van der Waals surface area contributed by atoms with Crippen LogP contribution < -0.4 is 0 Å². The van der Waals surface area contributed by atoms with Crippen LogP contribution in [-0.4, -0.2) is 9.13 Å². The van der Waals surface area contributed by atoms with Crippen LogP contribution in [0.4, 0.5) is 5.69 Å². The van der Waals surface area contributed by atoms with Crippen LogP contribution in [0.25, 0.3) is 92.9 Å². The number of nitriles is 1. The Morgan fingerprint density at radius 3 is 2.07 bits per heavy atom. The first kappa shape index (κ1) is 31.2. The largest absolute Gasteiger partial charge is 0.319 e. The van der Waals surface area contributed by atoms with Crippen LogP contribution in [-0.2, 0) is 5.41 Å². The summed E-state index contributed by atoms with van der Waals surface area (Å²) < 4.78 is 4.38.